The number of hydrazine groups is 1. The zero-order chi connectivity index (χ0) is 15.8. The summed E-state index contributed by atoms with van der Waals surface area (Å²) in [7, 11) is 0. The molecule has 1 aromatic rings. The van der Waals surface area contributed by atoms with Crippen molar-refractivity contribution in [2.24, 2.45) is 5.92 Å². The summed E-state index contributed by atoms with van der Waals surface area (Å²) in [4.78, 5) is 13.4. The Morgan fingerprint density at radius 2 is 2.09 bits per heavy atom. The van der Waals surface area contributed by atoms with Gasteiger partial charge < -0.3 is 5.32 Å². The fraction of sp³-hybridized carbons (Fsp3) is 0.588. The standard InChI is InChI=1S/C17H27N3OS/c1-13(2)11-14-12-16(20-19-14)17(21)18-9-6-10-22-15-7-4-3-5-8-15/h3-5,7-8,13-14,16,19-20H,6,9-12H2,1-2H3,(H,18,21). The van der Waals surface area contributed by atoms with Crippen molar-refractivity contribution in [1.82, 2.24) is 16.2 Å². The third-order valence-corrected chi connectivity index (χ3v) is 4.78. The third kappa shape index (κ3) is 5.99. The lowest BCUT2D eigenvalue weighted by atomic mass is 10.00. The number of benzene rings is 1. The van der Waals surface area contributed by atoms with E-state index >= 15 is 0 Å². The summed E-state index contributed by atoms with van der Waals surface area (Å²) in [6.07, 6.45) is 2.97. The minimum absolute atomic E-state index is 0.0921. The molecule has 1 fully saturated rings. The molecule has 1 aliphatic rings. The van der Waals surface area contributed by atoms with Gasteiger partial charge in [-0.15, -0.1) is 11.8 Å². The zero-order valence-electron chi connectivity index (χ0n) is 13.5. The summed E-state index contributed by atoms with van der Waals surface area (Å²) in [5, 5.41) is 3.03. The van der Waals surface area contributed by atoms with E-state index in [1.165, 1.54) is 4.90 Å². The van der Waals surface area contributed by atoms with Gasteiger partial charge in [-0.25, -0.2) is 5.43 Å². The Morgan fingerprint density at radius 1 is 1.32 bits per heavy atom. The second-order valence-corrected chi connectivity index (χ2v) is 7.38. The van der Waals surface area contributed by atoms with Crippen molar-refractivity contribution in [2.45, 2.75) is 50.1 Å². The Hall–Kier alpha value is -1.04. The van der Waals surface area contributed by atoms with Gasteiger partial charge in [-0.05, 0) is 43.1 Å². The SMILES string of the molecule is CC(C)CC1CC(C(=O)NCCCSc2ccccc2)NN1. The first-order valence-electron chi connectivity index (χ1n) is 8.11. The van der Waals surface area contributed by atoms with E-state index in [0.29, 0.717) is 12.0 Å². The maximum Gasteiger partial charge on any atom is 0.238 e. The smallest absolute Gasteiger partial charge is 0.238 e. The van der Waals surface area contributed by atoms with Gasteiger partial charge in [0.2, 0.25) is 5.91 Å². The number of thioether (sulfide) groups is 1. The van der Waals surface area contributed by atoms with Crippen LogP contribution in [0.2, 0.25) is 0 Å². The summed E-state index contributed by atoms with van der Waals surface area (Å²) in [5.41, 5.74) is 6.34. The molecule has 1 heterocycles. The summed E-state index contributed by atoms with van der Waals surface area (Å²) < 4.78 is 0. The molecule has 1 saturated heterocycles. The highest BCUT2D eigenvalue weighted by Crippen LogP contribution is 2.17. The van der Waals surface area contributed by atoms with E-state index in [4.69, 9.17) is 0 Å². The third-order valence-electron chi connectivity index (χ3n) is 3.69. The first-order chi connectivity index (χ1) is 10.6. The maximum atomic E-state index is 12.1. The molecule has 4 nitrogen and oxygen atoms in total. The Kier molecular flexibility index (Phi) is 7.22. The molecular weight excluding hydrogens is 294 g/mol. The van der Waals surface area contributed by atoms with Gasteiger partial charge in [0.05, 0.1) is 0 Å². The van der Waals surface area contributed by atoms with Crippen molar-refractivity contribution in [2.75, 3.05) is 12.3 Å². The minimum Gasteiger partial charge on any atom is -0.355 e. The van der Waals surface area contributed by atoms with Gasteiger partial charge in [0, 0.05) is 17.5 Å². The predicted octanol–water partition coefficient (Wildman–Crippen LogP) is 2.57. The van der Waals surface area contributed by atoms with Gasteiger partial charge in [-0.2, -0.15) is 0 Å². The van der Waals surface area contributed by atoms with Gasteiger partial charge in [0.15, 0.2) is 0 Å². The molecule has 0 radical (unpaired) electrons. The fourth-order valence-corrected chi connectivity index (χ4v) is 3.51. The molecule has 0 saturated carbocycles. The molecule has 0 aliphatic carbocycles. The van der Waals surface area contributed by atoms with E-state index in [0.717, 1.165) is 31.6 Å². The highest BCUT2D eigenvalue weighted by atomic mass is 32.2. The van der Waals surface area contributed by atoms with Crippen LogP contribution in [-0.4, -0.2) is 30.3 Å². The number of carbonyl (C=O) groups is 1. The molecular formula is C17H27N3OS. The average Bonchev–Trinajstić information content (AvgIpc) is 2.95. The molecule has 2 atom stereocenters. The van der Waals surface area contributed by atoms with Crippen LogP contribution in [-0.2, 0) is 4.79 Å². The number of amides is 1. The fourth-order valence-electron chi connectivity index (χ4n) is 2.63. The van der Waals surface area contributed by atoms with Gasteiger partial charge in [-0.1, -0.05) is 32.0 Å². The molecule has 0 spiro atoms. The Balaban J connectivity index is 1.56. The summed E-state index contributed by atoms with van der Waals surface area (Å²) >= 11 is 1.83. The lowest BCUT2D eigenvalue weighted by Gasteiger charge is -2.11. The van der Waals surface area contributed by atoms with Crippen molar-refractivity contribution < 1.29 is 4.79 Å². The maximum absolute atomic E-state index is 12.1. The van der Waals surface area contributed by atoms with E-state index < -0.39 is 0 Å². The second kappa shape index (κ2) is 9.18. The van der Waals surface area contributed by atoms with Crippen LogP contribution in [0.4, 0.5) is 0 Å². The Labute approximate surface area is 137 Å². The molecule has 1 aliphatic heterocycles. The molecule has 122 valence electrons. The normalized spacial score (nSPS) is 21.2. The van der Waals surface area contributed by atoms with E-state index in [9.17, 15) is 4.79 Å². The van der Waals surface area contributed by atoms with E-state index in [1.807, 2.05) is 17.8 Å². The monoisotopic (exact) mass is 321 g/mol. The second-order valence-electron chi connectivity index (χ2n) is 6.21. The first-order valence-corrected chi connectivity index (χ1v) is 9.10. The number of nitrogens with one attached hydrogen (secondary N) is 3. The van der Waals surface area contributed by atoms with E-state index in [2.05, 4.69) is 54.3 Å². The molecule has 3 N–H and O–H groups in total. The zero-order valence-corrected chi connectivity index (χ0v) is 14.3. The lowest BCUT2D eigenvalue weighted by molar-refractivity contribution is -0.122. The van der Waals surface area contributed by atoms with E-state index in [-0.39, 0.29) is 11.9 Å². The van der Waals surface area contributed by atoms with Gasteiger partial charge in [0.1, 0.15) is 6.04 Å². The highest BCUT2D eigenvalue weighted by molar-refractivity contribution is 7.99. The van der Waals surface area contributed by atoms with Gasteiger partial charge in [-0.3, -0.25) is 10.2 Å². The molecule has 2 unspecified atom stereocenters. The molecule has 1 aromatic carbocycles. The van der Waals surface area contributed by atoms with Crippen molar-refractivity contribution in [1.29, 1.82) is 0 Å². The lowest BCUT2D eigenvalue weighted by Crippen LogP contribution is -2.43. The molecule has 5 heteroatoms. The number of hydrogen-bond acceptors (Lipinski definition) is 4. The molecule has 0 bridgehead atoms. The van der Waals surface area contributed by atoms with Gasteiger partial charge in [0.25, 0.3) is 0 Å². The Bertz CT molecular complexity index is 452. The highest BCUT2D eigenvalue weighted by Gasteiger charge is 2.28. The molecule has 22 heavy (non-hydrogen) atoms. The minimum atomic E-state index is -0.0921. The van der Waals surface area contributed by atoms with Gasteiger partial charge >= 0.3 is 0 Å². The largest absolute Gasteiger partial charge is 0.355 e. The number of rotatable bonds is 8. The summed E-state index contributed by atoms with van der Waals surface area (Å²) in [6.45, 7) is 5.16. The molecule has 0 aromatic heterocycles. The average molecular weight is 321 g/mol. The van der Waals surface area contributed by atoms with Crippen molar-refractivity contribution >= 4 is 17.7 Å². The number of carbonyl (C=O) groups excluding carboxylic acids is 1. The van der Waals surface area contributed by atoms with Crippen molar-refractivity contribution in [3.63, 3.8) is 0 Å². The summed E-state index contributed by atoms with van der Waals surface area (Å²) in [5.74, 6) is 1.79. The molecule has 1 amide bonds. The van der Waals surface area contributed by atoms with Crippen LogP contribution in [0.1, 0.15) is 33.1 Å². The van der Waals surface area contributed by atoms with E-state index in [1.54, 1.807) is 0 Å². The quantitative estimate of drug-likeness (QED) is 0.509. The Morgan fingerprint density at radius 3 is 2.82 bits per heavy atom. The van der Waals surface area contributed by atoms with Crippen LogP contribution in [0, 0.1) is 5.92 Å². The topological polar surface area (TPSA) is 53.2 Å². The van der Waals surface area contributed by atoms with Crippen LogP contribution < -0.4 is 16.2 Å². The first kappa shape index (κ1) is 17.3. The number of hydrogen-bond donors (Lipinski definition) is 3. The predicted molar refractivity (Wildman–Crippen MR) is 92.7 cm³/mol. The van der Waals surface area contributed by atoms with Crippen LogP contribution in [0.3, 0.4) is 0 Å². The summed E-state index contributed by atoms with van der Waals surface area (Å²) in [6, 6.07) is 10.7. The van der Waals surface area contributed by atoms with Crippen LogP contribution in [0.25, 0.3) is 0 Å². The molecule has 2 rings (SSSR count). The van der Waals surface area contributed by atoms with Crippen molar-refractivity contribution in [3.05, 3.63) is 30.3 Å². The van der Waals surface area contributed by atoms with Crippen LogP contribution in [0.5, 0.6) is 0 Å². The van der Waals surface area contributed by atoms with Crippen LogP contribution in [0.15, 0.2) is 35.2 Å². The van der Waals surface area contributed by atoms with Crippen LogP contribution >= 0.6 is 11.8 Å². The van der Waals surface area contributed by atoms with Crippen molar-refractivity contribution in [3.8, 4) is 0 Å².